The third-order valence-corrected chi connectivity index (χ3v) is 6.68. The van der Waals surface area contributed by atoms with E-state index in [0.717, 1.165) is 5.56 Å². The molecule has 0 spiro atoms. The fourth-order valence-corrected chi connectivity index (χ4v) is 4.79. The first kappa shape index (κ1) is 21.3. The normalized spacial score (nSPS) is 21.6. The van der Waals surface area contributed by atoms with Crippen LogP contribution in [-0.2, 0) is 10.3 Å². The Morgan fingerprint density at radius 3 is 2.66 bits per heavy atom. The number of hydrogen-bond donors (Lipinski definition) is 3. The van der Waals surface area contributed by atoms with Gasteiger partial charge in [-0.15, -0.1) is 5.10 Å². The average Bonchev–Trinajstić information content (AvgIpc) is 3.57. The molecular formula is C24H24N8O3. The number of amides is 1. The first-order valence-corrected chi connectivity index (χ1v) is 11.3. The molecule has 0 radical (unpaired) electrons. The number of benzene rings is 1. The van der Waals surface area contributed by atoms with E-state index in [9.17, 15) is 9.90 Å². The van der Waals surface area contributed by atoms with Gasteiger partial charge in [0.2, 0.25) is 11.8 Å². The highest BCUT2D eigenvalue weighted by Crippen LogP contribution is 2.35. The molecule has 6 rings (SSSR count). The summed E-state index contributed by atoms with van der Waals surface area (Å²) in [4.78, 5) is 22.9. The number of fused-ring (bicyclic) bond motifs is 3. The summed E-state index contributed by atoms with van der Waals surface area (Å²) in [5.74, 6) is 0.709. The van der Waals surface area contributed by atoms with Crippen LogP contribution < -0.4 is 11.1 Å². The van der Waals surface area contributed by atoms with Crippen molar-refractivity contribution in [3.8, 4) is 11.6 Å². The Morgan fingerprint density at radius 2 is 1.97 bits per heavy atom. The molecule has 1 fully saturated rings. The van der Waals surface area contributed by atoms with E-state index in [1.165, 1.54) is 4.52 Å². The highest BCUT2D eigenvalue weighted by Gasteiger charge is 2.45. The smallest absolute Gasteiger partial charge is 0.252 e. The lowest BCUT2D eigenvalue weighted by molar-refractivity contribution is -0.131. The summed E-state index contributed by atoms with van der Waals surface area (Å²) in [5, 5.41) is 22.8. The summed E-state index contributed by atoms with van der Waals surface area (Å²) in [5.41, 5.74) is 5.84. The molecule has 5 aromatic rings. The maximum absolute atomic E-state index is 13.8. The fraction of sp³-hybridized carbons (Fsp3) is 0.292. The second-order valence-corrected chi connectivity index (χ2v) is 9.43. The summed E-state index contributed by atoms with van der Waals surface area (Å²) in [6.07, 6.45) is 4.14. The number of aliphatic hydroxyl groups is 1. The lowest BCUT2D eigenvalue weighted by atomic mass is 9.76. The highest BCUT2D eigenvalue weighted by molar-refractivity contribution is 5.94. The maximum Gasteiger partial charge on any atom is 0.252 e. The van der Waals surface area contributed by atoms with Crippen LogP contribution in [0.15, 0.2) is 59.3 Å². The standard InChI is InChI=1S/C24H24N8O3/c1-23(34)11-15(12-23)27-21(33)24(2,14-7-4-3-5-8-14)32-20-16(13-26-32)19-28-18(17-9-6-10-35-17)30-31(19)22(25)29-20/h3-10,13,15,34H,11-12H2,1-2H3,(H2,25,29)(H,27,33)/t15?,23?,24-/m1/s1. The van der Waals surface area contributed by atoms with E-state index in [-0.39, 0.29) is 17.9 Å². The maximum atomic E-state index is 13.8. The van der Waals surface area contributed by atoms with Gasteiger partial charge in [0.1, 0.15) is 0 Å². The largest absolute Gasteiger partial charge is 0.461 e. The van der Waals surface area contributed by atoms with Crippen LogP contribution in [0.2, 0.25) is 0 Å². The molecule has 4 heterocycles. The number of furan rings is 1. The molecule has 1 saturated carbocycles. The van der Waals surface area contributed by atoms with Crippen LogP contribution in [-0.4, -0.2) is 52.0 Å². The summed E-state index contributed by atoms with van der Waals surface area (Å²) >= 11 is 0. The molecule has 0 aliphatic heterocycles. The summed E-state index contributed by atoms with van der Waals surface area (Å²) in [7, 11) is 0. The molecule has 0 bridgehead atoms. The topological polar surface area (TPSA) is 149 Å². The first-order valence-electron chi connectivity index (χ1n) is 11.3. The molecule has 0 unspecified atom stereocenters. The molecule has 0 saturated heterocycles. The van der Waals surface area contributed by atoms with E-state index in [1.807, 2.05) is 30.3 Å². The zero-order valence-electron chi connectivity index (χ0n) is 19.2. The number of nitrogens with zero attached hydrogens (tertiary/aromatic N) is 6. The monoisotopic (exact) mass is 472 g/mol. The van der Waals surface area contributed by atoms with Crippen LogP contribution >= 0.6 is 0 Å². The van der Waals surface area contributed by atoms with Gasteiger partial charge in [-0.1, -0.05) is 30.3 Å². The second kappa shape index (κ2) is 7.37. The minimum Gasteiger partial charge on any atom is -0.461 e. The van der Waals surface area contributed by atoms with Crippen molar-refractivity contribution >= 4 is 28.5 Å². The van der Waals surface area contributed by atoms with Crippen LogP contribution in [0.3, 0.4) is 0 Å². The predicted octanol–water partition coefficient (Wildman–Crippen LogP) is 2.11. The molecule has 1 aliphatic carbocycles. The zero-order chi connectivity index (χ0) is 24.4. The summed E-state index contributed by atoms with van der Waals surface area (Å²) < 4.78 is 8.43. The van der Waals surface area contributed by atoms with E-state index in [2.05, 4.69) is 25.5 Å². The summed E-state index contributed by atoms with van der Waals surface area (Å²) in [6, 6.07) is 12.8. The number of nitrogens with one attached hydrogen (secondary N) is 1. The number of anilines is 1. The Kier molecular flexibility index (Phi) is 4.49. The quantitative estimate of drug-likeness (QED) is 0.352. The Labute approximate surface area is 199 Å². The van der Waals surface area contributed by atoms with Crippen LogP contribution in [0.25, 0.3) is 28.3 Å². The number of rotatable bonds is 5. The zero-order valence-corrected chi connectivity index (χ0v) is 19.2. The average molecular weight is 473 g/mol. The second-order valence-electron chi connectivity index (χ2n) is 9.43. The highest BCUT2D eigenvalue weighted by atomic mass is 16.3. The van der Waals surface area contributed by atoms with Crippen molar-refractivity contribution in [2.75, 3.05) is 5.73 Å². The van der Waals surface area contributed by atoms with Gasteiger partial charge in [-0.2, -0.15) is 14.6 Å². The van der Waals surface area contributed by atoms with Crippen molar-refractivity contribution in [3.63, 3.8) is 0 Å². The minimum atomic E-state index is -1.24. The Morgan fingerprint density at radius 1 is 1.20 bits per heavy atom. The molecule has 11 nitrogen and oxygen atoms in total. The number of aromatic nitrogens is 6. The van der Waals surface area contributed by atoms with E-state index in [0.29, 0.717) is 41.1 Å². The van der Waals surface area contributed by atoms with Gasteiger partial charge in [-0.05, 0) is 44.4 Å². The summed E-state index contributed by atoms with van der Waals surface area (Å²) in [6.45, 7) is 3.56. The van der Waals surface area contributed by atoms with E-state index < -0.39 is 11.1 Å². The van der Waals surface area contributed by atoms with Gasteiger partial charge in [0.25, 0.3) is 5.91 Å². The predicted molar refractivity (Wildman–Crippen MR) is 127 cm³/mol. The molecule has 178 valence electrons. The Balaban J connectivity index is 1.50. The van der Waals surface area contributed by atoms with Crippen LogP contribution in [0.5, 0.6) is 0 Å². The number of carbonyl (C=O) groups excluding carboxylic acids is 1. The molecule has 4 aromatic heterocycles. The third kappa shape index (κ3) is 3.27. The molecule has 35 heavy (non-hydrogen) atoms. The van der Waals surface area contributed by atoms with Crippen molar-refractivity contribution in [1.29, 1.82) is 0 Å². The van der Waals surface area contributed by atoms with Crippen molar-refractivity contribution in [1.82, 2.24) is 34.7 Å². The number of nitrogen functional groups attached to an aromatic ring is 1. The van der Waals surface area contributed by atoms with Crippen LogP contribution in [0.4, 0.5) is 5.95 Å². The van der Waals surface area contributed by atoms with Crippen molar-refractivity contribution in [3.05, 3.63) is 60.5 Å². The van der Waals surface area contributed by atoms with Gasteiger partial charge in [-0.3, -0.25) is 4.79 Å². The lowest BCUT2D eigenvalue weighted by Gasteiger charge is -2.42. The van der Waals surface area contributed by atoms with E-state index >= 15 is 0 Å². The van der Waals surface area contributed by atoms with Crippen LogP contribution in [0, 0.1) is 0 Å². The SMILES string of the molecule is CC1(O)CC(NC(=O)[C@@](C)(c2ccccc2)n2ncc3c2nc(N)n2nc(-c4ccco4)nc32)C1. The first-order chi connectivity index (χ1) is 16.8. The minimum absolute atomic E-state index is 0.102. The van der Waals surface area contributed by atoms with Gasteiger partial charge in [-0.25, -0.2) is 9.67 Å². The molecule has 1 atom stereocenters. The molecule has 4 N–H and O–H groups in total. The van der Waals surface area contributed by atoms with Gasteiger partial charge in [0.05, 0.1) is 23.4 Å². The van der Waals surface area contributed by atoms with Crippen molar-refractivity contribution in [2.45, 2.75) is 43.9 Å². The Bertz CT molecular complexity index is 1550. The molecule has 1 aliphatic rings. The van der Waals surface area contributed by atoms with E-state index in [1.54, 1.807) is 43.1 Å². The number of hydrogen-bond acceptors (Lipinski definition) is 8. The van der Waals surface area contributed by atoms with Gasteiger partial charge < -0.3 is 20.6 Å². The number of carbonyl (C=O) groups is 1. The third-order valence-electron chi connectivity index (χ3n) is 6.68. The Hall–Kier alpha value is -4.25. The van der Waals surface area contributed by atoms with Crippen LogP contribution in [0.1, 0.15) is 32.3 Å². The van der Waals surface area contributed by atoms with Gasteiger partial charge in [0, 0.05) is 6.04 Å². The van der Waals surface area contributed by atoms with Gasteiger partial charge in [0.15, 0.2) is 22.6 Å². The lowest BCUT2D eigenvalue weighted by Crippen LogP contribution is -2.58. The number of nitrogens with two attached hydrogens (primary N) is 1. The molecule has 1 amide bonds. The molecule has 1 aromatic carbocycles. The van der Waals surface area contributed by atoms with Gasteiger partial charge >= 0.3 is 0 Å². The van der Waals surface area contributed by atoms with Crippen molar-refractivity contribution < 1.29 is 14.3 Å². The molecular weight excluding hydrogens is 448 g/mol. The van der Waals surface area contributed by atoms with E-state index in [4.69, 9.17) is 10.2 Å². The fourth-order valence-electron chi connectivity index (χ4n) is 4.79. The van der Waals surface area contributed by atoms with Crippen molar-refractivity contribution in [2.24, 2.45) is 0 Å². The molecule has 11 heteroatoms.